The van der Waals surface area contributed by atoms with Crippen LogP contribution in [0.3, 0.4) is 0 Å². The third-order valence-electron chi connectivity index (χ3n) is 3.37. The number of anilines is 1. The summed E-state index contributed by atoms with van der Waals surface area (Å²) in [4.78, 5) is 11.9. The van der Waals surface area contributed by atoms with E-state index in [2.05, 4.69) is 10.6 Å². The predicted molar refractivity (Wildman–Crippen MR) is 84.1 cm³/mol. The molecule has 0 aliphatic heterocycles. The number of nitrogens with zero attached hydrogens (tertiary/aromatic N) is 1. The minimum Gasteiger partial charge on any atom is -0.386 e. The van der Waals surface area contributed by atoms with Crippen LogP contribution in [0.4, 0.5) is 19.3 Å². The summed E-state index contributed by atoms with van der Waals surface area (Å²) in [5.74, 6) is -2.09. The number of halogens is 2. The van der Waals surface area contributed by atoms with E-state index in [1.807, 2.05) is 6.07 Å². The summed E-state index contributed by atoms with van der Waals surface area (Å²) in [6.45, 7) is 1.53. The highest BCUT2D eigenvalue weighted by molar-refractivity contribution is 5.89. The number of carbonyl (C=O) groups excluding carboxylic acids is 1. The van der Waals surface area contributed by atoms with E-state index in [-0.39, 0.29) is 5.56 Å². The molecule has 7 heteroatoms. The first-order valence-corrected chi connectivity index (χ1v) is 7.11. The first kappa shape index (κ1) is 17.4. The Kier molecular flexibility index (Phi) is 5.45. The summed E-state index contributed by atoms with van der Waals surface area (Å²) in [5, 5.41) is 24.0. The van der Waals surface area contributed by atoms with Gasteiger partial charge in [-0.3, -0.25) is 0 Å². The average molecular weight is 331 g/mol. The van der Waals surface area contributed by atoms with Crippen molar-refractivity contribution < 1.29 is 18.7 Å². The number of nitriles is 1. The van der Waals surface area contributed by atoms with Gasteiger partial charge in [0.2, 0.25) is 0 Å². The van der Waals surface area contributed by atoms with Crippen LogP contribution in [-0.4, -0.2) is 17.2 Å². The van der Waals surface area contributed by atoms with Gasteiger partial charge in [0.25, 0.3) is 0 Å². The standard InChI is InChI=1S/C17H15F2N3O2/c1-10(16(23)12-5-6-14(18)15(19)8-12)21-17(24)22-13-4-2-3-11(7-13)9-20/h2-8,10,16,23H,1H3,(H2,21,22,24). The lowest BCUT2D eigenvalue weighted by atomic mass is 10.0. The second-order valence-corrected chi connectivity index (χ2v) is 5.20. The Balaban J connectivity index is 1.99. The normalized spacial score (nSPS) is 12.8. The summed E-state index contributed by atoms with van der Waals surface area (Å²) in [6.07, 6.45) is -1.21. The maximum absolute atomic E-state index is 13.2. The molecule has 0 aliphatic carbocycles. The quantitative estimate of drug-likeness (QED) is 0.805. The van der Waals surface area contributed by atoms with Crippen molar-refractivity contribution in [1.82, 2.24) is 5.32 Å². The van der Waals surface area contributed by atoms with Gasteiger partial charge in [-0.25, -0.2) is 13.6 Å². The number of hydrogen-bond acceptors (Lipinski definition) is 3. The number of aliphatic hydroxyl groups is 1. The van der Waals surface area contributed by atoms with Gasteiger partial charge in [0, 0.05) is 5.69 Å². The van der Waals surface area contributed by atoms with Crippen LogP contribution >= 0.6 is 0 Å². The van der Waals surface area contributed by atoms with Gasteiger partial charge < -0.3 is 15.7 Å². The molecular weight excluding hydrogens is 316 g/mol. The van der Waals surface area contributed by atoms with Gasteiger partial charge in [0.15, 0.2) is 11.6 Å². The van der Waals surface area contributed by atoms with Crippen LogP contribution in [0.25, 0.3) is 0 Å². The maximum atomic E-state index is 13.2. The van der Waals surface area contributed by atoms with E-state index in [1.165, 1.54) is 19.1 Å². The van der Waals surface area contributed by atoms with Gasteiger partial charge >= 0.3 is 6.03 Å². The first-order chi connectivity index (χ1) is 11.4. The van der Waals surface area contributed by atoms with Crippen LogP contribution in [0.15, 0.2) is 42.5 Å². The number of amides is 2. The fourth-order valence-electron chi connectivity index (χ4n) is 2.10. The number of rotatable bonds is 4. The molecule has 0 spiro atoms. The summed E-state index contributed by atoms with van der Waals surface area (Å²) in [6, 6.07) is 9.96. The number of hydrogen-bond donors (Lipinski definition) is 3. The van der Waals surface area contributed by atoms with Crippen molar-refractivity contribution in [1.29, 1.82) is 5.26 Å². The Hall–Kier alpha value is -2.98. The highest BCUT2D eigenvalue weighted by Gasteiger charge is 2.19. The van der Waals surface area contributed by atoms with Crippen molar-refractivity contribution in [2.24, 2.45) is 0 Å². The molecule has 0 saturated heterocycles. The summed E-state index contributed by atoms with van der Waals surface area (Å²) >= 11 is 0. The van der Waals surface area contributed by atoms with E-state index in [4.69, 9.17) is 5.26 Å². The zero-order valence-electron chi connectivity index (χ0n) is 12.8. The van der Waals surface area contributed by atoms with E-state index >= 15 is 0 Å². The van der Waals surface area contributed by atoms with Crippen LogP contribution in [0.1, 0.15) is 24.2 Å². The van der Waals surface area contributed by atoms with Crippen molar-refractivity contribution in [2.45, 2.75) is 19.1 Å². The largest absolute Gasteiger partial charge is 0.386 e. The van der Waals surface area contributed by atoms with Gasteiger partial charge in [0.1, 0.15) is 0 Å². The molecule has 2 rings (SSSR count). The molecule has 0 heterocycles. The second-order valence-electron chi connectivity index (χ2n) is 5.20. The molecule has 0 saturated carbocycles. The fraction of sp³-hybridized carbons (Fsp3) is 0.176. The Morgan fingerprint density at radius 1 is 1.21 bits per heavy atom. The molecule has 2 amide bonds. The molecule has 0 bridgehead atoms. The van der Waals surface area contributed by atoms with Crippen LogP contribution in [0.2, 0.25) is 0 Å². The van der Waals surface area contributed by atoms with Crippen LogP contribution in [0.5, 0.6) is 0 Å². The molecule has 5 nitrogen and oxygen atoms in total. The lowest BCUT2D eigenvalue weighted by Crippen LogP contribution is -2.39. The zero-order valence-corrected chi connectivity index (χ0v) is 12.8. The van der Waals surface area contributed by atoms with E-state index in [0.717, 1.165) is 12.1 Å². The van der Waals surface area contributed by atoms with Gasteiger partial charge in [-0.1, -0.05) is 12.1 Å². The second kappa shape index (κ2) is 7.53. The number of nitrogens with one attached hydrogen (secondary N) is 2. The van der Waals surface area contributed by atoms with Gasteiger partial charge in [-0.05, 0) is 42.8 Å². The fourth-order valence-corrected chi connectivity index (χ4v) is 2.10. The van der Waals surface area contributed by atoms with Crippen molar-refractivity contribution in [2.75, 3.05) is 5.32 Å². The molecule has 3 N–H and O–H groups in total. The molecule has 0 radical (unpaired) electrons. The van der Waals surface area contributed by atoms with Crippen LogP contribution in [-0.2, 0) is 0 Å². The number of aliphatic hydroxyl groups excluding tert-OH is 1. The zero-order chi connectivity index (χ0) is 17.7. The molecule has 124 valence electrons. The Bertz CT molecular complexity index is 790. The van der Waals surface area contributed by atoms with Crippen LogP contribution in [0, 0.1) is 23.0 Å². The Morgan fingerprint density at radius 2 is 1.96 bits per heavy atom. The van der Waals surface area contributed by atoms with Crippen molar-refractivity contribution in [3.8, 4) is 6.07 Å². The third kappa shape index (κ3) is 4.27. The van der Waals surface area contributed by atoms with E-state index in [9.17, 15) is 18.7 Å². The molecular formula is C17H15F2N3O2. The molecule has 0 aromatic heterocycles. The lowest BCUT2D eigenvalue weighted by Gasteiger charge is -2.21. The van der Waals surface area contributed by atoms with Crippen molar-refractivity contribution in [3.63, 3.8) is 0 Å². The lowest BCUT2D eigenvalue weighted by molar-refractivity contribution is 0.138. The van der Waals surface area contributed by atoms with Crippen molar-refractivity contribution >= 4 is 11.7 Å². The van der Waals surface area contributed by atoms with Gasteiger partial charge in [-0.2, -0.15) is 5.26 Å². The molecule has 0 fully saturated rings. The Labute approximate surface area is 137 Å². The van der Waals surface area contributed by atoms with Gasteiger partial charge in [0.05, 0.1) is 23.8 Å². The maximum Gasteiger partial charge on any atom is 0.319 e. The number of carbonyl (C=O) groups is 1. The molecule has 2 atom stereocenters. The molecule has 24 heavy (non-hydrogen) atoms. The first-order valence-electron chi connectivity index (χ1n) is 7.11. The molecule has 0 aliphatic rings. The third-order valence-corrected chi connectivity index (χ3v) is 3.37. The summed E-state index contributed by atoms with van der Waals surface area (Å²) in [5.41, 5.74) is 0.955. The highest BCUT2D eigenvalue weighted by atomic mass is 19.2. The Morgan fingerprint density at radius 3 is 2.62 bits per heavy atom. The number of urea groups is 1. The minimum absolute atomic E-state index is 0.146. The van der Waals surface area contributed by atoms with E-state index < -0.39 is 29.8 Å². The number of benzene rings is 2. The molecule has 2 aromatic rings. The monoisotopic (exact) mass is 331 g/mol. The smallest absolute Gasteiger partial charge is 0.319 e. The van der Waals surface area contributed by atoms with Gasteiger partial charge in [-0.15, -0.1) is 0 Å². The SMILES string of the molecule is CC(NC(=O)Nc1cccc(C#N)c1)C(O)c1ccc(F)c(F)c1. The topological polar surface area (TPSA) is 85.2 Å². The van der Waals surface area contributed by atoms with Crippen LogP contribution < -0.4 is 10.6 Å². The average Bonchev–Trinajstić information content (AvgIpc) is 2.56. The summed E-state index contributed by atoms with van der Waals surface area (Å²) in [7, 11) is 0. The van der Waals surface area contributed by atoms with E-state index in [1.54, 1.807) is 18.2 Å². The highest BCUT2D eigenvalue weighted by Crippen LogP contribution is 2.19. The predicted octanol–water partition coefficient (Wildman–Crippen LogP) is 3.08. The summed E-state index contributed by atoms with van der Waals surface area (Å²) < 4.78 is 26.1. The molecule has 2 aromatic carbocycles. The molecule has 2 unspecified atom stereocenters. The van der Waals surface area contributed by atoms with Crippen molar-refractivity contribution in [3.05, 3.63) is 65.2 Å². The minimum atomic E-state index is -1.21. The van der Waals surface area contributed by atoms with E-state index in [0.29, 0.717) is 11.3 Å².